The number of rotatable bonds is 6. The van der Waals surface area contributed by atoms with E-state index in [0.717, 1.165) is 24.1 Å². The largest absolute Gasteiger partial charge is 0.494 e. The van der Waals surface area contributed by atoms with Gasteiger partial charge < -0.3 is 14.5 Å². The first-order valence-electron chi connectivity index (χ1n) is 10.9. The smallest absolute Gasteiger partial charge is 0.272 e. The number of halogens is 2. The molecule has 0 saturated carbocycles. The number of hydrogen-bond donors (Lipinski definition) is 0. The Kier molecular flexibility index (Phi) is 6.46. The van der Waals surface area contributed by atoms with Crippen LogP contribution in [0.15, 0.2) is 30.3 Å². The maximum atomic E-state index is 13.3. The minimum absolute atomic E-state index is 0.0652. The Bertz CT molecular complexity index is 874. The Morgan fingerprint density at radius 1 is 1.03 bits per heavy atom. The highest BCUT2D eigenvalue weighted by Gasteiger charge is 2.36. The molecule has 5 nitrogen and oxygen atoms in total. The van der Waals surface area contributed by atoms with Gasteiger partial charge in [-0.15, -0.1) is 0 Å². The first kappa shape index (κ1) is 21.0. The molecule has 7 heteroatoms. The van der Waals surface area contributed by atoms with Crippen molar-refractivity contribution in [2.24, 2.45) is 0 Å². The monoisotopic (exact) mass is 417 g/mol. The minimum atomic E-state index is -2.67. The number of likely N-dealkylation sites (tertiary alicyclic amines) is 2. The van der Waals surface area contributed by atoms with Crippen LogP contribution in [-0.4, -0.2) is 65.9 Å². The standard InChI is InChI=1S/C23H29F2N3O2/c24-23(25)9-14-28(15-10-23)22(29)21-7-5-18-17-19(6-8-20(18)26-21)30-16-4-13-27-11-2-1-3-12-27/h5-8,17H,1-4,9-16H2. The first-order chi connectivity index (χ1) is 14.5. The number of ether oxygens (including phenoxy) is 1. The Balaban J connectivity index is 1.32. The molecule has 4 rings (SSSR count). The number of benzene rings is 1. The molecule has 1 aromatic carbocycles. The lowest BCUT2D eigenvalue weighted by Crippen LogP contribution is -2.42. The summed E-state index contributed by atoms with van der Waals surface area (Å²) in [4.78, 5) is 21.0. The van der Waals surface area contributed by atoms with Crippen molar-refractivity contribution in [3.05, 3.63) is 36.0 Å². The fourth-order valence-electron chi connectivity index (χ4n) is 4.17. The molecule has 0 aliphatic carbocycles. The van der Waals surface area contributed by atoms with E-state index in [1.54, 1.807) is 6.07 Å². The van der Waals surface area contributed by atoms with Gasteiger partial charge >= 0.3 is 0 Å². The number of fused-ring (bicyclic) bond motifs is 1. The van der Waals surface area contributed by atoms with Crippen LogP contribution in [0.4, 0.5) is 8.78 Å². The summed E-state index contributed by atoms with van der Waals surface area (Å²) in [7, 11) is 0. The molecule has 2 saturated heterocycles. The first-order valence-corrected chi connectivity index (χ1v) is 10.9. The summed E-state index contributed by atoms with van der Waals surface area (Å²) in [6, 6.07) is 9.15. The molecule has 2 aliphatic rings. The van der Waals surface area contributed by atoms with Gasteiger partial charge in [0.05, 0.1) is 12.1 Å². The molecule has 1 aromatic heterocycles. The molecule has 0 N–H and O–H groups in total. The van der Waals surface area contributed by atoms with Crippen molar-refractivity contribution in [1.82, 2.24) is 14.8 Å². The van der Waals surface area contributed by atoms with Crippen molar-refractivity contribution in [2.45, 2.75) is 44.4 Å². The highest BCUT2D eigenvalue weighted by Crippen LogP contribution is 2.28. The zero-order valence-electron chi connectivity index (χ0n) is 17.3. The van der Waals surface area contributed by atoms with E-state index in [1.165, 1.54) is 37.3 Å². The number of hydrogen-bond acceptors (Lipinski definition) is 4. The maximum Gasteiger partial charge on any atom is 0.272 e. The van der Waals surface area contributed by atoms with Crippen molar-refractivity contribution in [1.29, 1.82) is 0 Å². The van der Waals surface area contributed by atoms with Crippen LogP contribution >= 0.6 is 0 Å². The average molecular weight is 418 g/mol. The topological polar surface area (TPSA) is 45.7 Å². The molecule has 3 heterocycles. The van der Waals surface area contributed by atoms with Gasteiger partial charge in [0.25, 0.3) is 11.8 Å². The lowest BCUT2D eigenvalue weighted by Gasteiger charge is -2.31. The lowest BCUT2D eigenvalue weighted by atomic mass is 10.1. The average Bonchev–Trinajstić information content (AvgIpc) is 2.76. The van der Waals surface area contributed by atoms with Crippen LogP contribution in [-0.2, 0) is 0 Å². The van der Waals surface area contributed by atoms with Crippen molar-refractivity contribution in [2.75, 3.05) is 39.3 Å². The summed E-state index contributed by atoms with van der Waals surface area (Å²) in [5.74, 6) is -2.16. The van der Waals surface area contributed by atoms with Crippen LogP contribution in [0, 0.1) is 0 Å². The SMILES string of the molecule is O=C(c1ccc2cc(OCCCN3CCCCC3)ccc2n1)N1CCC(F)(F)CC1. The fraction of sp³-hybridized carbons (Fsp3) is 0.565. The highest BCUT2D eigenvalue weighted by molar-refractivity contribution is 5.95. The normalized spacial score (nSPS) is 19.7. The molecule has 2 aromatic rings. The van der Waals surface area contributed by atoms with Crippen molar-refractivity contribution in [3.63, 3.8) is 0 Å². The quantitative estimate of drug-likeness (QED) is 0.655. The van der Waals surface area contributed by atoms with Gasteiger partial charge in [0, 0.05) is 37.9 Å². The Morgan fingerprint density at radius 2 is 1.80 bits per heavy atom. The predicted molar refractivity (Wildman–Crippen MR) is 112 cm³/mol. The molecule has 0 spiro atoms. The molecule has 2 aliphatic heterocycles. The van der Waals surface area contributed by atoms with Crippen LogP contribution < -0.4 is 4.74 Å². The number of carbonyl (C=O) groups excluding carboxylic acids is 1. The van der Waals surface area contributed by atoms with Gasteiger partial charge in [0.15, 0.2) is 0 Å². The lowest BCUT2D eigenvalue weighted by molar-refractivity contribution is -0.0495. The van der Waals surface area contributed by atoms with Crippen molar-refractivity contribution >= 4 is 16.8 Å². The summed E-state index contributed by atoms with van der Waals surface area (Å²) in [6.07, 6.45) is 4.37. The second-order valence-corrected chi connectivity index (χ2v) is 8.30. The highest BCUT2D eigenvalue weighted by atomic mass is 19.3. The predicted octanol–water partition coefficient (Wildman–Crippen LogP) is 4.36. The van der Waals surface area contributed by atoms with Crippen LogP contribution in [0.3, 0.4) is 0 Å². The molecular weight excluding hydrogens is 388 g/mol. The molecular formula is C23H29F2N3O2. The summed E-state index contributed by atoms with van der Waals surface area (Å²) >= 11 is 0. The van der Waals surface area contributed by atoms with E-state index >= 15 is 0 Å². The number of piperidine rings is 2. The molecule has 0 bridgehead atoms. The van der Waals surface area contributed by atoms with Gasteiger partial charge in [-0.2, -0.15) is 0 Å². The third-order valence-electron chi connectivity index (χ3n) is 6.00. The van der Waals surface area contributed by atoms with E-state index in [1.807, 2.05) is 24.3 Å². The van der Waals surface area contributed by atoms with Gasteiger partial charge in [0.2, 0.25) is 0 Å². The maximum absolute atomic E-state index is 13.3. The molecule has 0 unspecified atom stereocenters. The zero-order chi connectivity index (χ0) is 21.0. The second kappa shape index (κ2) is 9.25. The number of aromatic nitrogens is 1. The molecule has 2 fully saturated rings. The number of pyridine rings is 1. The number of carbonyl (C=O) groups is 1. The summed E-state index contributed by atoms with van der Waals surface area (Å²) in [6.45, 7) is 4.27. The second-order valence-electron chi connectivity index (χ2n) is 8.30. The Morgan fingerprint density at radius 3 is 2.57 bits per heavy atom. The minimum Gasteiger partial charge on any atom is -0.494 e. The summed E-state index contributed by atoms with van der Waals surface area (Å²) in [5, 5.41) is 0.894. The zero-order valence-corrected chi connectivity index (χ0v) is 17.3. The van der Waals surface area contributed by atoms with Gasteiger partial charge in [-0.1, -0.05) is 12.5 Å². The Hall–Kier alpha value is -2.28. The van der Waals surface area contributed by atoms with Gasteiger partial charge in [-0.3, -0.25) is 4.79 Å². The molecule has 1 amide bonds. The van der Waals surface area contributed by atoms with Crippen molar-refractivity contribution in [3.8, 4) is 5.75 Å². The van der Waals surface area contributed by atoms with E-state index in [0.29, 0.717) is 17.8 Å². The van der Waals surface area contributed by atoms with Crippen molar-refractivity contribution < 1.29 is 18.3 Å². The van der Waals surface area contributed by atoms with Gasteiger partial charge in [0.1, 0.15) is 11.4 Å². The van der Waals surface area contributed by atoms with E-state index in [4.69, 9.17) is 4.74 Å². The molecule has 162 valence electrons. The number of alkyl halides is 2. The number of nitrogens with zero attached hydrogens (tertiary/aromatic N) is 3. The van der Waals surface area contributed by atoms with E-state index in [2.05, 4.69) is 9.88 Å². The molecule has 30 heavy (non-hydrogen) atoms. The van der Waals surface area contributed by atoms with Gasteiger partial charge in [-0.05, 0) is 56.6 Å². The van der Waals surface area contributed by atoms with E-state index in [-0.39, 0.29) is 31.8 Å². The van der Waals surface area contributed by atoms with Crippen LogP contribution in [0.2, 0.25) is 0 Å². The fourth-order valence-corrected chi connectivity index (χ4v) is 4.17. The van der Waals surface area contributed by atoms with Crippen LogP contribution in [0.5, 0.6) is 5.75 Å². The summed E-state index contributed by atoms with van der Waals surface area (Å²) in [5.41, 5.74) is 0.992. The summed E-state index contributed by atoms with van der Waals surface area (Å²) < 4.78 is 32.6. The Labute approximate surface area is 176 Å². The third kappa shape index (κ3) is 5.25. The third-order valence-corrected chi connectivity index (χ3v) is 6.00. The van der Waals surface area contributed by atoms with Crippen LogP contribution in [0.25, 0.3) is 10.9 Å². The number of amides is 1. The van der Waals surface area contributed by atoms with Crippen LogP contribution in [0.1, 0.15) is 49.0 Å². The molecule has 0 radical (unpaired) electrons. The van der Waals surface area contributed by atoms with E-state index < -0.39 is 5.92 Å². The van der Waals surface area contributed by atoms with Gasteiger partial charge in [-0.25, -0.2) is 13.8 Å². The van der Waals surface area contributed by atoms with E-state index in [9.17, 15) is 13.6 Å². The molecule has 0 atom stereocenters.